The first-order valence-electron chi connectivity index (χ1n) is 13.4. The minimum absolute atomic E-state index is 0.0417. The van der Waals surface area contributed by atoms with E-state index in [1.807, 2.05) is 0 Å². The van der Waals surface area contributed by atoms with Crippen LogP contribution in [0.2, 0.25) is 0 Å². The zero-order chi connectivity index (χ0) is 24.0. The molecule has 188 valence electrons. The summed E-state index contributed by atoms with van der Waals surface area (Å²) in [6, 6.07) is 0. The summed E-state index contributed by atoms with van der Waals surface area (Å²) < 4.78 is 11.0. The monoisotopic (exact) mass is 452 g/mol. The van der Waals surface area contributed by atoms with Gasteiger partial charge in [0.25, 0.3) is 0 Å². The van der Waals surface area contributed by atoms with E-state index >= 15 is 0 Å². The number of carbonyl (C=O) groups is 2. The Kier molecular flexibility index (Phi) is 13.5. The van der Waals surface area contributed by atoms with E-state index in [1.165, 1.54) is 38.5 Å². The average Bonchev–Trinajstić information content (AvgIpc) is 2.78. The van der Waals surface area contributed by atoms with E-state index < -0.39 is 0 Å². The van der Waals surface area contributed by atoms with E-state index in [-0.39, 0.29) is 23.8 Å². The first-order valence-corrected chi connectivity index (χ1v) is 13.4. The highest BCUT2D eigenvalue weighted by atomic mass is 16.5. The highest BCUT2D eigenvalue weighted by Crippen LogP contribution is 2.31. The Labute approximate surface area is 198 Å². The van der Waals surface area contributed by atoms with Crippen LogP contribution in [0.3, 0.4) is 0 Å². The zero-order valence-electron chi connectivity index (χ0n) is 22.1. The molecule has 0 aliphatic heterocycles. The lowest BCUT2D eigenvalue weighted by Gasteiger charge is -2.26. The highest BCUT2D eigenvalue weighted by molar-refractivity contribution is 5.75. The molecular formula is C28H52O4. The van der Waals surface area contributed by atoms with Crippen LogP contribution in [0.25, 0.3) is 0 Å². The van der Waals surface area contributed by atoms with Crippen molar-refractivity contribution < 1.29 is 19.1 Å². The molecule has 0 atom stereocenters. The number of rotatable bonds is 16. The Balaban J connectivity index is 2.09. The Morgan fingerprint density at radius 2 is 0.969 bits per heavy atom. The van der Waals surface area contributed by atoms with Gasteiger partial charge >= 0.3 is 11.9 Å². The van der Waals surface area contributed by atoms with Crippen molar-refractivity contribution in [1.29, 1.82) is 0 Å². The largest absolute Gasteiger partial charge is 0.465 e. The third-order valence-corrected chi connectivity index (χ3v) is 7.79. The van der Waals surface area contributed by atoms with Gasteiger partial charge in [0.2, 0.25) is 0 Å². The highest BCUT2D eigenvalue weighted by Gasteiger charge is 2.31. The molecule has 1 saturated carbocycles. The minimum Gasteiger partial charge on any atom is -0.465 e. The third-order valence-electron chi connectivity index (χ3n) is 7.79. The molecule has 32 heavy (non-hydrogen) atoms. The third kappa shape index (κ3) is 12.3. The molecule has 0 aromatic carbocycles. The van der Waals surface area contributed by atoms with Crippen LogP contribution in [-0.4, -0.2) is 25.2 Å². The van der Waals surface area contributed by atoms with Gasteiger partial charge in [0.15, 0.2) is 0 Å². The predicted octanol–water partition coefficient (Wildman–Crippen LogP) is 7.87. The molecule has 1 rings (SSSR count). The Hall–Kier alpha value is -1.06. The molecule has 4 heteroatoms. The lowest BCUT2D eigenvalue weighted by atomic mass is 9.82. The van der Waals surface area contributed by atoms with Crippen LogP contribution in [0.5, 0.6) is 0 Å². The first-order chi connectivity index (χ1) is 15.1. The summed E-state index contributed by atoms with van der Waals surface area (Å²) in [6.45, 7) is 14.8. The SMILES string of the molecule is CCC(C)(C)CCCCCOC(=O)C1CCC(C(=O)OCCCCCC(C)(C)CC)CC1. The van der Waals surface area contributed by atoms with Crippen molar-refractivity contribution in [2.75, 3.05) is 13.2 Å². The van der Waals surface area contributed by atoms with E-state index in [1.54, 1.807) is 0 Å². The summed E-state index contributed by atoms with van der Waals surface area (Å²) in [4.78, 5) is 24.7. The first kappa shape index (κ1) is 29.0. The van der Waals surface area contributed by atoms with Gasteiger partial charge in [-0.15, -0.1) is 0 Å². The van der Waals surface area contributed by atoms with E-state index in [0.717, 1.165) is 51.4 Å². The van der Waals surface area contributed by atoms with Crippen molar-refractivity contribution in [2.24, 2.45) is 22.7 Å². The van der Waals surface area contributed by atoms with Gasteiger partial charge < -0.3 is 9.47 Å². The van der Waals surface area contributed by atoms with Crippen LogP contribution in [0.4, 0.5) is 0 Å². The fraction of sp³-hybridized carbons (Fsp3) is 0.929. The maximum absolute atomic E-state index is 12.3. The molecule has 1 aliphatic rings. The molecule has 1 fully saturated rings. The molecule has 0 aromatic heterocycles. The van der Waals surface area contributed by atoms with E-state index in [0.29, 0.717) is 24.0 Å². The van der Waals surface area contributed by atoms with E-state index in [9.17, 15) is 9.59 Å². The number of unbranched alkanes of at least 4 members (excludes halogenated alkanes) is 4. The number of carbonyl (C=O) groups excluding carboxylic acids is 2. The fourth-order valence-electron chi connectivity index (χ4n) is 4.26. The standard InChI is InChI=1S/C28H52O4/c1-7-27(3,4)19-11-9-13-21-31-25(29)23-15-17-24(18-16-23)26(30)32-22-14-10-12-20-28(5,6)8-2/h23-24H,7-22H2,1-6H3. The van der Waals surface area contributed by atoms with Crippen molar-refractivity contribution in [3.8, 4) is 0 Å². The van der Waals surface area contributed by atoms with Gasteiger partial charge in [-0.25, -0.2) is 0 Å². The molecule has 0 amide bonds. The van der Waals surface area contributed by atoms with Gasteiger partial charge in [-0.05, 0) is 62.2 Å². The van der Waals surface area contributed by atoms with Gasteiger partial charge in [-0.1, -0.05) is 80.1 Å². The van der Waals surface area contributed by atoms with Crippen molar-refractivity contribution in [3.63, 3.8) is 0 Å². The van der Waals surface area contributed by atoms with E-state index in [4.69, 9.17) is 9.47 Å². The van der Waals surface area contributed by atoms with Crippen molar-refractivity contribution in [1.82, 2.24) is 0 Å². The zero-order valence-corrected chi connectivity index (χ0v) is 22.1. The quantitative estimate of drug-likeness (QED) is 0.176. The smallest absolute Gasteiger partial charge is 0.308 e. The van der Waals surface area contributed by atoms with Crippen LogP contribution >= 0.6 is 0 Å². The van der Waals surface area contributed by atoms with E-state index in [2.05, 4.69) is 41.5 Å². The van der Waals surface area contributed by atoms with Crippen LogP contribution in [0.1, 0.15) is 131 Å². The molecule has 0 N–H and O–H groups in total. The summed E-state index contributed by atoms with van der Waals surface area (Å²) in [5.41, 5.74) is 0.838. The molecule has 0 unspecified atom stereocenters. The lowest BCUT2D eigenvalue weighted by Crippen LogP contribution is -2.28. The van der Waals surface area contributed by atoms with Gasteiger partial charge in [-0.2, -0.15) is 0 Å². The normalized spacial score (nSPS) is 19.6. The van der Waals surface area contributed by atoms with Crippen LogP contribution in [-0.2, 0) is 19.1 Å². The van der Waals surface area contributed by atoms with Crippen LogP contribution in [0.15, 0.2) is 0 Å². The second kappa shape index (κ2) is 15.0. The minimum atomic E-state index is -0.0688. The van der Waals surface area contributed by atoms with Crippen molar-refractivity contribution in [2.45, 2.75) is 131 Å². The molecular weight excluding hydrogens is 400 g/mol. The fourth-order valence-corrected chi connectivity index (χ4v) is 4.26. The van der Waals surface area contributed by atoms with Gasteiger partial charge in [0.05, 0.1) is 25.0 Å². The van der Waals surface area contributed by atoms with Crippen LogP contribution < -0.4 is 0 Å². The topological polar surface area (TPSA) is 52.6 Å². The summed E-state index contributed by atoms with van der Waals surface area (Å²) in [6.07, 6.45) is 14.4. The van der Waals surface area contributed by atoms with Crippen molar-refractivity contribution >= 4 is 11.9 Å². The molecule has 1 aliphatic carbocycles. The average molecular weight is 453 g/mol. The molecule has 0 heterocycles. The van der Waals surface area contributed by atoms with Gasteiger partial charge in [0.1, 0.15) is 0 Å². The molecule has 4 nitrogen and oxygen atoms in total. The van der Waals surface area contributed by atoms with Crippen LogP contribution in [0, 0.1) is 22.7 Å². The molecule has 0 spiro atoms. The Bertz CT molecular complexity index is 482. The lowest BCUT2D eigenvalue weighted by molar-refractivity contribution is -0.155. The predicted molar refractivity (Wildman–Crippen MR) is 132 cm³/mol. The maximum Gasteiger partial charge on any atom is 0.308 e. The van der Waals surface area contributed by atoms with Gasteiger partial charge in [0, 0.05) is 0 Å². The number of ether oxygens (including phenoxy) is 2. The number of hydrogen-bond donors (Lipinski definition) is 0. The van der Waals surface area contributed by atoms with Gasteiger partial charge in [-0.3, -0.25) is 9.59 Å². The molecule has 0 saturated heterocycles. The summed E-state index contributed by atoms with van der Waals surface area (Å²) in [7, 11) is 0. The Morgan fingerprint density at radius 3 is 1.28 bits per heavy atom. The molecule has 0 aromatic rings. The maximum atomic E-state index is 12.3. The second-order valence-electron chi connectivity index (χ2n) is 11.5. The Morgan fingerprint density at radius 1 is 0.625 bits per heavy atom. The molecule has 0 radical (unpaired) electrons. The summed E-state index contributed by atoms with van der Waals surface area (Å²) >= 11 is 0. The number of esters is 2. The number of hydrogen-bond acceptors (Lipinski definition) is 4. The summed E-state index contributed by atoms with van der Waals surface area (Å²) in [5.74, 6) is -0.221. The van der Waals surface area contributed by atoms with Crippen molar-refractivity contribution in [3.05, 3.63) is 0 Å². The second-order valence-corrected chi connectivity index (χ2v) is 11.5. The molecule has 0 bridgehead atoms. The summed E-state index contributed by atoms with van der Waals surface area (Å²) in [5, 5.41) is 0.